The number of carbonyl (C=O) groups is 2. The summed E-state index contributed by atoms with van der Waals surface area (Å²) in [5.74, 6) is -0.993. The number of aromatic nitrogens is 1. The maximum atomic E-state index is 12.7. The largest absolute Gasteiger partial charge is 0.508 e. The summed E-state index contributed by atoms with van der Waals surface area (Å²) in [6.45, 7) is 0.293. The predicted molar refractivity (Wildman–Crippen MR) is 125 cm³/mol. The number of rotatable bonds is 7. The highest BCUT2D eigenvalue weighted by Gasteiger charge is 2.17. The van der Waals surface area contributed by atoms with Crippen LogP contribution in [0.15, 0.2) is 72.9 Å². The number of carboxylic acid groups (broad SMARTS) is 1. The molecular weight excluding hydrogens is 436 g/mol. The number of phenolic OH excluding ortho intramolecular Hbond substituents is 1. The van der Waals surface area contributed by atoms with E-state index in [9.17, 15) is 19.8 Å². The first-order valence-electron chi connectivity index (χ1n) is 10.4. The second-order valence-corrected chi connectivity index (χ2v) is 7.69. The fourth-order valence-corrected chi connectivity index (χ4v) is 3.61. The first kappa shape index (κ1) is 22.8. The summed E-state index contributed by atoms with van der Waals surface area (Å²) in [5, 5.41) is 34.5. The fourth-order valence-electron chi connectivity index (χ4n) is 3.61. The molecule has 1 unspecified atom stereocenters. The second-order valence-electron chi connectivity index (χ2n) is 7.69. The molecule has 0 bridgehead atoms. The molecular formula is C26H22N2O6. The van der Waals surface area contributed by atoms with E-state index in [1.165, 1.54) is 37.4 Å². The molecule has 1 aromatic heterocycles. The zero-order valence-corrected chi connectivity index (χ0v) is 18.2. The average molecular weight is 458 g/mol. The van der Waals surface area contributed by atoms with Crippen molar-refractivity contribution in [2.75, 3.05) is 7.11 Å². The number of carbonyl (C=O) groups excluding carboxylic acids is 1. The van der Waals surface area contributed by atoms with E-state index in [2.05, 4.69) is 10.3 Å². The van der Waals surface area contributed by atoms with Crippen LogP contribution in [0.4, 0.5) is 0 Å². The van der Waals surface area contributed by atoms with Gasteiger partial charge in [0, 0.05) is 29.9 Å². The summed E-state index contributed by atoms with van der Waals surface area (Å²) in [4.78, 5) is 27.8. The van der Waals surface area contributed by atoms with Crippen molar-refractivity contribution < 1.29 is 29.6 Å². The van der Waals surface area contributed by atoms with Crippen molar-refractivity contribution in [2.45, 2.75) is 12.6 Å². The minimum Gasteiger partial charge on any atom is -0.508 e. The molecule has 0 saturated carbocycles. The molecule has 4 N–H and O–H groups in total. The summed E-state index contributed by atoms with van der Waals surface area (Å²) >= 11 is 0. The number of amides is 1. The van der Waals surface area contributed by atoms with E-state index in [1.54, 1.807) is 42.6 Å². The van der Waals surface area contributed by atoms with E-state index in [1.807, 2.05) is 0 Å². The highest BCUT2D eigenvalue weighted by Crippen LogP contribution is 2.33. The van der Waals surface area contributed by atoms with Gasteiger partial charge in [0.1, 0.15) is 11.9 Å². The fraction of sp³-hybridized carbons (Fsp3) is 0.115. The SMILES string of the molecule is COc1cc(CNC(=O)c2ccc3cc(O)c(C(O)c4ccc(C(=O)O)cc4)cc3c2)ccn1. The zero-order valence-electron chi connectivity index (χ0n) is 18.2. The van der Waals surface area contributed by atoms with Crippen LogP contribution >= 0.6 is 0 Å². The van der Waals surface area contributed by atoms with Gasteiger partial charge < -0.3 is 25.4 Å². The van der Waals surface area contributed by atoms with Crippen LogP contribution < -0.4 is 10.1 Å². The monoisotopic (exact) mass is 458 g/mol. The number of methoxy groups -OCH3 is 1. The number of fused-ring (bicyclic) bond motifs is 1. The van der Waals surface area contributed by atoms with Crippen molar-refractivity contribution in [3.8, 4) is 11.6 Å². The molecule has 4 aromatic rings. The molecule has 0 saturated heterocycles. The molecule has 8 heteroatoms. The van der Waals surface area contributed by atoms with Gasteiger partial charge >= 0.3 is 5.97 Å². The molecule has 0 aliphatic carbocycles. The number of phenols is 1. The average Bonchev–Trinajstić information content (AvgIpc) is 2.86. The minimum absolute atomic E-state index is 0.0968. The van der Waals surface area contributed by atoms with Crippen molar-refractivity contribution in [1.29, 1.82) is 0 Å². The second kappa shape index (κ2) is 9.60. The predicted octanol–water partition coefficient (Wildman–Crippen LogP) is 3.66. The Bertz CT molecular complexity index is 1370. The van der Waals surface area contributed by atoms with Crippen molar-refractivity contribution in [3.05, 3.63) is 101 Å². The molecule has 4 rings (SSSR count). The number of aromatic carboxylic acids is 1. The molecule has 8 nitrogen and oxygen atoms in total. The smallest absolute Gasteiger partial charge is 0.335 e. The van der Waals surface area contributed by atoms with E-state index in [0.717, 1.165) is 5.56 Å². The van der Waals surface area contributed by atoms with Gasteiger partial charge in [-0.1, -0.05) is 18.2 Å². The van der Waals surface area contributed by atoms with Gasteiger partial charge in [0.05, 0.1) is 12.7 Å². The first-order valence-corrected chi connectivity index (χ1v) is 10.4. The number of aromatic hydroxyl groups is 1. The number of ether oxygens (including phenoxy) is 1. The number of aliphatic hydroxyl groups is 1. The Morgan fingerprint density at radius 3 is 2.41 bits per heavy atom. The molecule has 34 heavy (non-hydrogen) atoms. The van der Waals surface area contributed by atoms with Gasteiger partial charge in [-0.15, -0.1) is 0 Å². The molecule has 1 heterocycles. The van der Waals surface area contributed by atoms with E-state index >= 15 is 0 Å². The number of hydrogen-bond donors (Lipinski definition) is 4. The first-order chi connectivity index (χ1) is 16.4. The van der Waals surface area contributed by atoms with Crippen LogP contribution in [-0.4, -0.2) is 39.3 Å². The van der Waals surface area contributed by atoms with E-state index in [4.69, 9.17) is 9.84 Å². The highest BCUT2D eigenvalue weighted by atomic mass is 16.5. The topological polar surface area (TPSA) is 129 Å². The Labute approximate surface area is 195 Å². The molecule has 0 radical (unpaired) electrons. The van der Waals surface area contributed by atoms with Crippen LogP contribution in [0.1, 0.15) is 43.5 Å². The molecule has 3 aromatic carbocycles. The number of carboxylic acids is 1. The Morgan fingerprint density at radius 2 is 1.71 bits per heavy atom. The van der Waals surface area contributed by atoms with Crippen LogP contribution in [-0.2, 0) is 6.54 Å². The number of pyridine rings is 1. The Kier molecular flexibility index (Phi) is 6.42. The number of benzene rings is 3. The van der Waals surface area contributed by atoms with Crippen LogP contribution in [0.25, 0.3) is 10.8 Å². The number of nitrogens with zero attached hydrogens (tertiary/aromatic N) is 1. The lowest BCUT2D eigenvalue weighted by atomic mass is 9.96. The number of hydrogen-bond acceptors (Lipinski definition) is 6. The maximum absolute atomic E-state index is 12.7. The molecule has 1 atom stereocenters. The van der Waals surface area contributed by atoms with Gasteiger partial charge in [0.2, 0.25) is 5.88 Å². The van der Waals surface area contributed by atoms with Crippen molar-refractivity contribution in [2.24, 2.45) is 0 Å². The van der Waals surface area contributed by atoms with Crippen molar-refractivity contribution in [3.63, 3.8) is 0 Å². The van der Waals surface area contributed by atoms with Crippen LogP contribution in [0, 0.1) is 0 Å². The quantitative estimate of drug-likeness (QED) is 0.333. The van der Waals surface area contributed by atoms with Gasteiger partial charge in [0.25, 0.3) is 5.91 Å². The summed E-state index contributed by atoms with van der Waals surface area (Å²) in [6, 6.07) is 17.5. The van der Waals surface area contributed by atoms with Crippen molar-refractivity contribution >= 4 is 22.6 Å². The molecule has 172 valence electrons. The van der Waals surface area contributed by atoms with Gasteiger partial charge in [0.15, 0.2) is 0 Å². The van der Waals surface area contributed by atoms with Crippen LogP contribution in [0.3, 0.4) is 0 Å². The molecule has 0 fully saturated rings. The summed E-state index contributed by atoms with van der Waals surface area (Å²) < 4.78 is 5.09. The van der Waals surface area contributed by atoms with Crippen molar-refractivity contribution in [1.82, 2.24) is 10.3 Å². The summed E-state index contributed by atoms with van der Waals surface area (Å²) in [5.41, 5.74) is 2.04. The lowest BCUT2D eigenvalue weighted by Gasteiger charge is -2.15. The third-order valence-corrected chi connectivity index (χ3v) is 5.48. The normalized spacial score (nSPS) is 11.7. The number of nitrogens with one attached hydrogen (secondary N) is 1. The standard InChI is InChI=1S/C26H22N2O6/c1-34-23-10-15(8-9-27-23)14-28-25(31)19-7-6-18-13-22(29)21(12-20(18)11-19)24(30)16-2-4-17(5-3-16)26(32)33/h2-13,24,29-30H,14H2,1H3,(H,28,31)(H,32,33). The molecule has 0 spiro atoms. The van der Waals surface area contributed by atoms with E-state index in [-0.39, 0.29) is 22.8 Å². The summed E-state index contributed by atoms with van der Waals surface area (Å²) in [6.07, 6.45) is 0.427. The Hall–Kier alpha value is -4.43. The minimum atomic E-state index is -1.17. The third kappa shape index (κ3) is 4.82. The molecule has 1 amide bonds. The Balaban J connectivity index is 1.57. The maximum Gasteiger partial charge on any atom is 0.335 e. The third-order valence-electron chi connectivity index (χ3n) is 5.48. The lowest BCUT2D eigenvalue weighted by Crippen LogP contribution is -2.22. The number of aliphatic hydroxyl groups excluding tert-OH is 1. The van der Waals surface area contributed by atoms with Gasteiger partial charge in [-0.05, 0) is 64.4 Å². The van der Waals surface area contributed by atoms with Crippen LogP contribution in [0.5, 0.6) is 11.6 Å². The van der Waals surface area contributed by atoms with Gasteiger partial charge in [-0.25, -0.2) is 9.78 Å². The van der Waals surface area contributed by atoms with E-state index < -0.39 is 12.1 Å². The molecule has 0 aliphatic heterocycles. The van der Waals surface area contributed by atoms with Gasteiger partial charge in [-0.3, -0.25) is 4.79 Å². The van der Waals surface area contributed by atoms with Gasteiger partial charge in [-0.2, -0.15) is 0 Å². The molecule has 0 aliphatic rings. The summed E-state index contributed by atoms with van der Waals surface area (Å²) in [7, 11) is 1.52. The Morgan fingerprint density at radius 1 is 0.971 bits per heavy atom. The zero-order chi connectivity index (χ0) is 24.2. The van der Waals surface area contributed by atoms with Crippen LogP contribution in [0.2, 0.25) is 0 Å². The lowest BCUT2D eigenvalue weighted by molar-refractivity contribution is 0.0696. The van der Waals surface area contributed by atoms with E-state index in [0.29, 0.717) is 34.3 Å². The highest BCUT2D eigenvalue weighted by molar-refractivity contribution is 5.99.